The molecule has 0 atom stereocenters. The van der Waals surface area contributed by atoms with Crippen molar-refractivity contribution in [1.29, 1.82) is 0 Å². The van der Waals surface area contributed by atoms with Gasteiger partial charge in [0.05, 0.1) is 6.33 Å². The van der Waals surface area contributed by atoms with Crippen LogP contribution in [-0.2, 0) is 16.3 Å². The molecule has 0 N–H and O–H groups in total. The molecule has 5 heteroatoms. The highest BCUT2D eigenvalue weighted by atomic mass is 28.4. The molecule has 0 bridgehead atoms. The Balaban J connectivity index is 0.000000280. The molecule has 0 spiro atoms. The largest absolute Gasteiger partial charge is 0.517 e. The zero-order valence-electron chi connectivity index (χ0n) is 9.73. The minimum absolute atomic E-state index is 0.311. The first-order valence-corrected chi connectivity index (χ1v) is 8.03. The average molecular weight is 226 g/mol. The van der Waals surface area contributed by atoms with Crippen molar-refractivity contribution in [3.63, 3.8) is 0 Å². The summed E-state index contributed by atoms with van der Waals surface area (Å²) in [6.07, 6.45) is 6.58. The quantitative estimate of drug-likeness (QED) is 0.572. The van der Waals surface area contributed by atoms with Crippen LogP contribution in [0.3, 0.4) is 0 Å². The second-order valence-corrected chi connectivity index (χ2v) is 8.39. The Morgan fingerprint density at radius 2 is 2.13 bits per heavy atom. The van der Waals surface area contributed by atoms with Crippen molar-refractivity contribution in [2.75, 3.05) is 0 Å². The first-order chi connectivity index (χ1) is 6.85. The van der Waals surface area contributed by atoms with E-state index in [0.717, 1.165) is 0 Å². The Labute approximate surface area is 91.7 Å². The summed E-state index contributed by atoms with van der Waals surface area (Å²) in [5, 5.41) is 0. The van der Waals surface area contributed by atoms with Crippen LogP contribution in [0.2, 0.25) is 19.6 Å². The second kappa shape index (κ2) is 6.18. The Morgan fingerprint density at radius 3 is 2.27 bits per heavy atom. The summed E-state index contributed by atoms with van der Waals surface area (Å²) < 4.78 is 6.86. The van der Waals surface area contributed by atoms with Crippen molar-refractivity contribution in [3.05, 3.63) is 31.4 Å². The fourth-order valence-electron chi connectivity index (χ4n) is 0.669. The van der Waals surface area contributed by atoms with Crippen LogP contribution in [0.1, 0.15) is 0 Å². The van der Waals surface area contributed by atoms with E-state index < -0.39 is 8.32 Å². The molecule has 0 unspecified atom stereocenters. The minimum Gasteiger partial charge on any atom is -0.517 e. The maximum absolute atomic E-state index is 10.5. The number of aryl methyl sites for hydroxylation is 1. The molecule has 84 valence electrons. The summed E-state index contributed by atoms with van der Waals surface area (Å²) in [6, 6.07) is 0. The van der Waals surface area contributed by atoms with Crippen molar-refractivity contribution in [1.82, 2.24) is 9.55 Å². The molecule has 0 aromatic carbocycles. The van der Waals surface area contributed by atoms with E-state index in [2.05, 4.69) is 11.6 Å². The van der Waals surface area contributed by atoms with Crippen molar-refractivity contribution in [2.45, 2.75) is 19.6 Å². The van der Waals surface area contributed by atoms with Gasteiger partial charge in [-0.05, 0) is 19.6 Å². The number of hydrogen-bond acceptors (Lipinski definition) is 3. The van der Waals surface area contributed by atoms with Crippen LogP contribution in [-0.4, -0.2) is 23.8 Å². The van der Waals surface area contributed by atoms with Crippen molar-refractivity contribution in [2.24, 2.45) is 7.05 Å². The predicted octanol–water partition coefficient (Wildman–Crippen LogP) is 1.97. The van der Waals surface area contributed by atoms with Gasteiger partial charge >= 0.3 is 5.97 Å². The monoisotopic (exact) mass is 226 g/mol. The van der Waals surface area contributed by atoms with Crippen molar-refractivity contribution < 1.29 is 9.22 Å². The van der Waals surface area contributed by atoms with Gasteiger partial charge in [0.25, 0.3) is 0 Å². The number of hydrogen-bond donors (Lipinski definition) is 0. The Hall–Kier alpha value is -1.36. The second-order valence-electron chi connectivity index (χ2n) is 3.97. The summed E-state index contributed by atoms with van der Waals surface area (Å²) in [7, 11) is 0.275. The molecule has 15 heavy (non-hydrogen) atoms. The summed E-state index contributed by atoms with van der Waals surface area (Å²) in [5.74, 6) is -0.311. The fraction of sp³-hybridized carbons (Fsp3) is 0.400. The third kappa shape index (κ3) is 8.95. The molecule has 4 nitrogen and oxygen atoms in total. The number of imidazole rings is 1. The molecular formula is C10H18N2O2Si. The maximum atomic E-state index is 10.5. The van der Waals surface area contributed by atoms with E-state index in [0.29, 0.717) is 0 Å². The Morgan fingerprint density at radius 1 is 1.53 bits per heavy atom. The number of carbonyl (C=O) groups excluding carboxylic acids is 1. The highest BCUT2D eigenvalue weighted by Gasteiger charge is 2.17. The smallest absolute Gasteiger partial charge is 0.316 e. The van der Waals surface area contributed by atoms with Crippen LogP contribution in [0.4, 0.5) is 0 Å². The van der Waals surface area contributed by atoms with Gasteiger partial charge in [-0.3, -0.25) is 0 Å². The Bertz CT molecular complexity index is 302. The average Bonchev–Trinajstić information content (AvgIpc) is 2.54. The van der Waals surface area contributed by atoms with Gasteiger partial charge < -0.3 is 8.99 Å². The van der Waals surface area contributed by atoms with E-state index in [-0.39, 0.29) is 5.97 Å². The lowest BCUT2D eigenvalue weighted by Gasteiger charge is -2.14. The van der Waals surface area contributed by atoms with Crippen molar-refractivity contribution in [3.8, 4) is 0 Å². The van der Waals surface area contributed by atoms with Crippen LogP contribution in [0.15, 0.2) is 31.4 Å². The topological polar surface area (TPSA) is 44.1 Å². The van der Waals surface area contributed by atoms with E-state index >= 15 is 0 Å². The summed E-state index contributed by atoms with van der Waals surface area (Å²) >= 11 is 0. The number of nitrogens with zero attached hydrogens (tertiary/aromatic N) is 2. The van der Waals surface area contributed by atoms with Crippen LogP contribution in [0, 0.1) is 0 Å². The number of carbonyl (C=O) groups is 1. The van der Waals surface area contributed by atoms with Crippen LogP contribution in [0.5, 0.6) is 0 Å². The van der Waals surface area contributed by atoms with E-state index in [1.54, 1.807) is 12.5 Å². The highest BCUT2D eigenvalue weighted by Crippen LogP contribution is 2.02. The summed E-state index contributed by atoms with van der Waals surface area (Å²) in [4.78, 5) is 14.3. The molecule has 1 aromatic rings. The van der Waals surface area contributed by atoms with Gasteiger partial charge in [-0.2, -0.15) is 0 Å². The normalized spacial score (nSPS) is 9.87. The van der Waals surface area contributed by atoms with E-state index in [9.17, 15) is 4.79 Å². The first kappa shape index (κ1) is 13.6. The van der Waals surface area contributed by atoms with Gasteiger partial charge in [-0.1, -0.05) is 6.58 Å². The van der Waals surface area contributed by atoms with Gasteiger partial charge in [-0.25, -0.2) is 9.78 Å². The molecule has 0 amide bonds. The standard InChI is InChI=1S/C6H12O2Si.C4H6N2/c1-5-6(7)8-9(2,3)4;1-6-3-2-5-4-6/h5H,1H2,2-4H3;2-4H,1H3. The molecule has 0 saturated heterocycles. The lowest BCUT2D eigenvalue weighted by Crippen LogP contribution is -2.28. The van der Waals surface area contributed by atoms with E-state index in [1.165, 1.54) is 6.08 Å². The summed E-state index contributed by atoms with van der Waals surface area (Å²) in [6.45, 7) is 9.15. The van der Waals surface area contributed by atoms with Crippen LogP contribution in [0.25, 0.3) is 0 Å². The molecule has 1 aromatic heterocycles. The van der Waals surface area contributed by atoms with E-state index in [1.807, 2.05) is 37.5 Å². The first-order valence-electron chi connectivity index (χ1n) is 4.62. The molecular weight excluding hydrogens is 208 g/mol. The predicted molar refractivity (Wildman–Crippen MR) is 62.8 cm³/mol. The molecule has 0 radical (unpaired) electrons. The number of rotatable bonds is 2. The van der Waals surface area contributed by atoms with Gasteiger partial charge in [0.1, 0.15) is 0 Å². The van der Waals surface area contributed by atoms with Crippen LogP contribution >= 0.6 is 0 Å². The molecule has 0 saturated carbocycles. The third-order valence-electron chi connectivity index (χ3n) is 1.21. The lowest BCUT2D eigenvalue weighted by molar-refractivity contribution is -0.129. The van der Waals surface area contributed by atoms with Gasteiger partial charge in [0.2, 0.25) is 8.32 Å². The molecule has 1 heterocycles. The zero-order valence-corrected chi connectivity index (χ0v) is 10.7. The summed E-state index contributed by atoms with van der Waals surface area (Å²) in [5.41, 5.74) is 0. The molecule has 0 aliphatic rings. The SMILES string of the molecule is C=CC(=O)O[Si](C)(C)C.Cn1ccnc1. The van der Waals surface area contributed by atoms with Gasteiger partial charge in [0, 0.05) is 25.5 Å². The third-order valence-corrected chi connectivity index (χ3v) is 2.02. The van der Waals surface area contributed by atoms with Gasteiger partial charge in [0.15, 0.2) is 0 Å². The van der Waals surface area contributed by atoms with Crippen molar-refractivity contribution >= 4 is 14.3 Å². The number of aromatic nitrogens is 2. The van der Waals surface area contributed by atoms with Gasteiger partial charge in [-0.15, -0.1) is 0 Å². The fourth-order valence-corrected chi connectivity index (χ4v) is 1.36. The minimum atomic E-state index is -1.66. The molecule has 0 aliphatic heterocycles. The highest BCUT2D eigenvalue weighted by molar-refractivity contribution is 6.71. The van der Waals surface area contributed by atoms with Crippen LogP contribution < -0.4 is 0 Å². The maximum Gasteiger partial charge on any atom is 0.316 e. The zero-order chi connectivity index (χ0) is 11.9. The molecule has 0 fully saturated rings. The van der Waals surface area contributed by atoms with E-state index in [4.69, 9.17) is 4.43 Å². The molecule has 1 rings (SSSR count). The molecule has 0 aliphatic carbocycles. The Kier molecular flexibility index (Phi) is 5.62. The lowest BCUT2D eigenvalue weighted by atomic mass is 10.7.